The number of halogens is 1. The molecule has 2 aromatic carbocycles. The number of hydrogen-bond acceptors (Lipinski definition) is 2. The molecule has 0 spiro atoms. The van der Waals surface area contributed by atoms with Crippen molar-refractivity contribution in [3.8, 4) is 5.75 Å². The lowest BCUT2D eigenvalue weighted by Gasteiger charge is -2.11. The Morgan fingerprint density at radius 1 is 1.10 bits per heavy atom. The second kappa shape index (κ2) is 6.06. The number of hydrogen-bond donors (Lipinski definition) is 1. The molecule has 0 aliphatic carbocycles. The van der Waals surface area contributed by atoms with Crippen LogP contribution >= 0.6 is 0 Å². The smallest absolute Gasteiger partial charge is 0.131 e. The van der Waals surface area contributed by atoms with Crippen LogP contribution in [0.3, 0.4) is 0 Å². The fourth-order valence-electron chi connectivity index (χ4n) is 2.03. The van der Waals surface area contributed by atoms with Gasteiger partial charge in [-0.05, 0) is 43.5 Å². The minimum atomic E-state index is -0.322. The van der Waals surface area contributed by atoms with Crippen molar-refractivity contribution < 1.29 is 9.13 Å². The zero-order valence-electron chi connectivity index (χ0n) is 12.1. The first-order chi connectivity index (χ1) is 9.47. The molecule has 0 radical (unpaired) electrons. The number of benzene rings is 2. The van der Waals surface area contributed by atoms with Crippen molar-refractivity contribution in [2.24, 2.45) is 5.73 Å². The largest absolute Gasteiger partial charge is 0.489 e. The normalized spacial score (nSPS) is 12.2. The lowest BCUT2D eigenvalue weighted by Crippen LogP contribution is -2.07. The van der Waals surface area contributed by atoms with Gasteiger partial charge in [-0.3, -0.25) is 0 Å². The van der Waals surface area contributed by atoms with E-state index in [1.807, 2.05) is 6.07 Å². The molecule has 0 fully saturated rings. The summed E-state index contributed by atoms with van der Waals surface area (Å²) in [5, 5.41) is 0. The van der Waals surface area contributed by atoms with Gasteiger partial charge in [0.2, 0.25) is 0 Å². The molecule has 0 saturated carbocycles. The van der Waals surface area contributed by atoms with E-state index in [0.29, 0.717) is 17.9 Å². The molecule has 0 heterocycles. The van der Waals surface area contributed by atoms with Gasteiger partial charge in [0.1, 0.15) is 18.2 Å². The molecular weight excluding hydrogens is 253 g/mol. The molecule has 0 saturated heterocycles. The van der Waals surface area contributed by atoms with Gasteiger partial charge in [0.15, 0.2) is 0 Å². The maximum Gasteiger partial charge on any atom is 0.131 e. The standard InChI is InChI=1S/C17H20FNO/c1-11-4-5-14(8-12(11)2)10-20-15-6-7-16(13(3)19)17(18)9-15/h4-9,13H,10,19H2,1-3H3. The van der Waals surface area contributed by atoms with Crippen LogP contribution in [0.5, 0.6) is 5.75 Å². The van der Waals surface area contributed by atoms with E-state index in [1.165, 1.54) is 17.2 Å². The van der Waals surface area contributed by atoms with Crippen LogP contribution in [0.25, 0.3) is 0 Å². The number of ether oxygens (including phenoxy) is 1. The van der Waals surface area contributed by atoms with Gasteiger partial charge in [0, 0.05) is 17.7 Å². The number of nitrogens with two attached hydrogens (primary N) is 1. The highest BCUT2D eigenvalue weighted by Crippen LogP contribution is 2.21. The average molecular weight is 273 g/mol. The van der Waals surface area contributed by atoms with E-state index in [4.69, 9.17) is 10.5 Å². The fourth-order valence-corrected chi connectivity index (χ4v) is 2.03. The first-order valence-electron chi connectivity index (χ1n) is 6.71. The van der Waals surface area contributed by atoms with Gasteiger partial charge in [-0.15, -0.1) is 0 Å². The van der Waals surface area contributed by atoms with Crippen LogP contribution < -0.4 is 10.5 Å². The van der Waals surface area contributed by atoms with Crippen molar-refractivity contribution in [2.45, 2.75) is 33.4 Å². The molecule has 0 amide bonds. The van der Waals surface area contributed by atoms with Gasteiger partial charge >= 0.3 is 0 Å². The molecule has 0 bridgehead atoms. The van der Waals surface area contributed by atoms with Crippen LogP contribution in [0.1, 0.15) is 35.2 Å². The van der Waals surface area contributed by atoms with E-state index >= 15 is 0 Å². The maximum atomic E-state index is 13.8. The second-order valence-corrected chi connectivity index (χ2v) is 5.18. The first kappa shape index (κ1) is 14.5. The van der Waals surface area contributed by atoms with Crippen molar-refractivity contribution in [3.63, 3.8) is 0 Å². The van der Waals surface area contributed by atoms with Gasteiger partial charge < -0.3 is 10.5 Å². The minimum absolute atomic E-state index is 0.316. The van der Waals surface area contributed by atoms with Crippen molar-refractivity contribution >= 4 is 0 Å². The third-order valence-corrected chi connectivity index (χ3v) is 3.44. The fraction of sp³-hybridized carbons (Fsp3) is 0.294. The highest BCUT2D eigenvalue weighted by Gasteiger charge is 2.08. The highest BCUT2D eigenvalue weighted by atomic mass is 19.1. The molecule has 2 rings (SSSR count). The van der Waals surface area contributed by atoms with Crippen molar-refractivity contribution in [3.05, 3.63) is 64.5 Å². The molecule has 106 valence electrons. The maximum absolute atomic E-state index is 13.8. The summed E-state index contributed by atoms with van der Waals surface area (Å²) in [5.41, 5.74) is 9.73. The molecule has 0 aliphatic rings. The Morgan fingerprint density at radius 2 is 1.85 bits per heavy atom. The van der Waals surface area contributed by atoms with Crippen LogP contribution in [0.15, 0.2) is 36.4 Å². The Morgan fingerprint density at radius 3 is 2.45 bits per heavy atom. The zero-order chi connectivity index (χ0) is 14.7. The Kier molecular flexibility index (Phi) is 4.40. The molecule has 3 heteroatoms. The summed E-state index contributed by atoms with van der Waals surface area (Å²) in [6, 6.07) is 10.7. The van der Waals surface area contributed by atoms with Crippen LogP contribution in [0.2, 0.25) is 0 Å². The van der Waals surface area contributed by atoms with E-state index in [0.717, 1.165) is 5.56 Å². The van der Waals surface area contributed by atoms with Gasteiger partial charge in [0.05, 0.1) is 0 Å². The van der Waals surface area contributed by atoms with Gasteiger partial charge in [0.25, 0.3) is 0 Å². The van der Waals surface area contributed by atoms with E-state index in [-0.39, 0.29) is 11.9 Å². The number of rotatable bonds is 4. The zero-order valence-corrected chi connectivity index (χ0v) is 12.1. The SMILES string of the molecule is Cc1ccc(COc2ccc(C(C)N)c(F)c2)cc1C. The van der Waals surface area contributed by atoms with Crippen LogP contribution in [0.4, 0.5) is 4.39 Å². The molecular formula is C17H20FNO. The minimum Gasteiger partial charge on any atom is -0.489 e. The molecule has 2 N–H and O–H groups in total. The summed E-state index contributed by atoms with van der Waals surface area (Å²) in [6.07, 6.45) is 0. The quantitative estimate of drug-likeness (QED) is 0.912. The Bertz CT molecular complexity index is 608. The average Bonchev–Trinajstić information content (AvgIpc) is 2.40. The molecule has 20 heavy (non-hydrogen) atoms. The molecule has 1 unspecified atom stereocenters. The molecule has 0 aliphatic heterocycles. The lowest BCUT2D eigenvalue weighted by atomic mass is 10.1. The van der Waals surface area contributed by atoms with E-state index in [2.05, 4.69) is 26.0 Å². The van der Waals surface area contributed by atoms with Gasteiger partial charge in [-0.25, -0.2) is 4.39 Å². The summed E-state index contributed by atoms with van der Waals surface area (Å²) < 4.78 is 19.4. The third-order valence-electron chi connectivity index (χ3n) is 3.44. The predicted molar refractivity (Wildman–Crippen MR) is 79.3 cm³/mol. The van der Waals surface area contributed by atoms with E-state index in [1.54, 1.807) is 19.1 Å². The first-order valence-corrected chi connectivity index (χ1v) is 6.71. The van der Waals surface area contributed by atoms with Crippen LogP contribution in [-0.2, 0) is 6.61 Å². The molecule has 0 aromatic heterocycles. The Balaban J connectivity index is 2.07. The van der Waals surface area contributed by atoms with Crippen molar-refractivity contribution in [1.29, 1.82) is 0 Å². The van der Waals surface area contributed by atoms with Crippen molar-refractivity contribution in [2.75, 3.05) is 0 Å². The van der Waals surface area contributed by atoms with Gasteiger partial charge in [-0.2, -0.15) is 0 Å². The van der Waals surface area contributed by atoms with Crippen molar-refractivity contribution in [1.82, 2.24) is 0 Å². The second-order valence-electron chi connectivity index (χ2n) is 5.18. The third kappa shape index (κ3) is 3.36. The summed E-state index contributed by atoms with van der Waals surface area (Å²) in [6.45, 7) is 6.32. The summed E-state index contributed by atoms with van der Waals surface area (Å²) in [4.78, 5) is 0. The lowest BCUT2D eigenvalue weighted by molar-refractivity contribution is 0.304. The van der Waals surface area contributed by atoms with Gasteiger partial charge in [-0.1, -0.05) is 24.3 Å². The van der Waals surface area contributed by atoms with E-state index < -0.39 is 0 Å². The molecule has 1 atom stereocenters. The topological polar surface area (TPSA) is 35.2 Å². The number of aryl methyl sites for hydroxylation is 2. The van der Waals surface area contributed by atoms with Crippen LogP contribution in [-0.4, -0.2) is 0 Å². The van der Waals surface area contributed by atoms with Crippen LogP contribution in [0, 0.1) is 19.7 Å². The molecule has 2 aromatic rings. The Labute approximate surface area is 119 Å². The summed E-state index contributed by atoms with van der Waals surface area (Å²) in [7, 11) is 0. The predicted octanol–water partition coefficient (Wildman–Crippen LogP) is 4.04. The summed E-state index contributed by atoms with van der Waals surface area (Å²) >= 11 is 0. The monoisotopic (exact) mass is 273 g/mol. The molecule has 2 nitrogen and oxygen atoms in total. The summed E-state index contributed by atoms with van der Waals surface area (Å²) in [5.74, 6) is 0.197. The highest BCUT2D eigenvalue weighted by molar-refractivity contribution is 5.32. The Hall–Kier alpha value is -1.87. The van der Waals surface area contributed by atoms with E-state index in [9.17, 15) is 4.39 Å².